The Bertz CT molecular complexity index is 542. The van der Waals surface area contributed by atoms with Gasteiger partial charge in [0.05, 0.1) is 11.0 Å². The Labute approximate surface area is 122 Å². The van der Waals surface area contributed by atoms with Crippen LogP contribution < -0.4 is 10.2 Å². The molecule has 1 aliphatic rings. The molecule has 1 saturated heterocycles. The van der Waals surface area contributed by atoms with Gasteiger partial charge in [0.15, 0.2) is 0 Å². The molecule has 1 heterocycles. The smallest absolute Gasteiger partial charge is 0.295 e. The van der Waals surface area contributed by atoms with E-state index in [0.29, 0.717) is 38.2 Å². The number of nitrogens with zero attached hydrogens (tertiary/aromatic N) is 2. The van der Waals surface area contributed by atoms with Crippen LogP contribution >= 0.6 is 0 Å². The molecular weight excluding hydrogens is 277 g/mol. The number of hydrogen-bond acceptors (Lipinski definition) is 4. The lowest BCUT2D eigenvalue weighted by atomic mass is 9.95. The van der Waals surface area contributed by atoms with Crippen molar-refractivity contribution < 1.29 is 14.1 Å². The predicted octanol–water partition coefficient (Wildman–Crippen LogP) is 2.09. The monoisotopic (exact) mass is 295 g/mol. The molecule has 0 aliphatic carbocycles. The summed E-state index contributed by atoms with van der Waals surface area (Å²) in [5.74, 6) is -0.644. The minimum absolute atomic E-state index is 0.0331. The Kier molecular flexibility index (Phi) is 4.72. The lowest BCUT2D eigenvalue weighted by Crippen LogP contribution is -2.40. The molecular formula is C14H18FN3O3. The molecule has 7 heteroatoms. The fourth-order valence-corrected chi connectivity index (χ4v) is 2.61. The van der Waals surface area contributed by atoms with Gasteiger partial charge in [-0.15, -0.1) is 0 Å². The van der Waals surface area contributed by atoms with Crippen molar-refractivity contribution in [1.29, 1.82) is 0 Å². The number of nitro groups is 1. The van der Waals surface area contributed by atoms with Crippen LogP contribution in [0.4, 0.5) is 15.8 Å². The summed E-state index contributed by atoms with van der Waals surface area (Å²) in [4.78, 5) is 24.1. The van der Waals surface area contributed by atoms with E-state index in [9.17, 15) is 19.3 Å². The summed E-state index contributed by atoms with van der Waals surface area (Å²) >= 11 is 0. The predicted molar refractivity (Wildman–Crippen MR) is 76.7 cm³/mol. The number of rotatable bonds is 4. The summed E-state index contributed by atoms with van der Waals surface area (Å²) in [7, 11) is 0. The Balaban J connectivity index is 2.09. The minimum Gasteiger partial charge on any atom is -0.366 e. The number of nitro benzene ring substituents is 1. The molecule has 0 radical (unpaired) electrons. The number of halogens is 1. The van der Waals surface area contributed by atoms with E-state index in [1.165, 1.54) is 12.1 Å². The second kappa shape index (κ2) is 6.51. The summed E-state index contributed by atoms with van der Waals surface area (Å²) in [6.45, 7) is 3.57. The van der Waals surface area contributed by atoms with Crippen LogP contribution in [0, 0.1) is 21.8 Å². The summed E-state index contributed by atoms with van der Waals surface area (Å²) < 4.78 is 13.2. The topological polar surface area (TPSA) is 75.5 Å². The number of hydrogen-bond donors (Lipinski definition) is 1. The molecule has 1 aromatic carbocycles. The van der Waals surface area contributed by atoms with E-state index >= 15 is 0 Å². The maximum absolute atomic E-state index is 13.2. The first-order valence-corrected chi connectivity index (χ1v) is 6.99. The summed E-state index contributed by atoms with van der Waals surface area (Å²) in [6.07, 6.45) is 1.28. The van der Waals surface area contributed by atoms with Gasteiger partial charge in [0.1, 0.15) is 11.5 Å². The van der Waals surface area contributed by atoms with Gasteiger partial charge in [-0.3, -0.25) is 14.9 Å². The average Bonchev–Trinajstić information content (AvgIpc) is 2.47. The molecule has 6 nitrogen and oxygen atoms in total. The van der Waals surface area contributed by atoms with Crippen LogP contribution in [0.5, 0.6) is 0 Å². The average molecular weight is 295 g/mol. The number of nitrogens with one attached hydrogen (secondary N) is 1. The second-order valence-electron chi connectivity index (χ2n) is 5.05. The molecule has 0 unspecified atom stereocenters. The highest BCUT2D eigenvalue weighted by Gasteiger charge is 2.28. The van der Waals surface area contributed by atoms with Gasteiger partial charge in [0.2, 0.25) is 5.91 Å². The molecule has 1 amide bonds. The third kappa shape index (κ3) is 3.48. The zero-order valence-electron chi connectivity index (χ0n) is 11.8. The zero-order valence-corrected chi connectivity index (χ0v) is 11.8. The number of benzene rings is 1. The van der Waals surface area contributed by atoms with Crippen molar-refractivity contribution in [3.05, 3.63) is 34.1 Å². The van der Waals surface area contributed by atoms with Crippen LogP contribution in [-0.4, -0.2) is 30.5 Å². The van der Waals surface area contributed by atoms with Crippen molar-refractivity contribution >= 4 is 17.3 Å². The molecule has 1 aromatic rings. The third-order valence-corrected chi connectivity index (χ3v) is 3.69. The molecule has 0 saturated carbocycles. The lowest BCUT2D eigenvalue weighted by molar-refractivity contribution is -0.384. The van der Waals surface area contributed by atoms with Crippen molar-refractivity contribution in [2.24, 2.45) is 5.92 Å². The quantitative estimate of drug-likeness (QED) is 0.681. The standard InChI is InChI=1S/C14H18FN3O3/c1-2-16-14(19)10-5-7-17(8-6-10)12-4-3-11(15)9-13(12)18(20)21/h3-4,9-10H,2,5-8H2,1H3,(H,16,19). The number of carbonyl (C=O) groups excluding carboxylic acids is 1. The largest absolute Gasteiger partial charge is 0.366 e. The van der Waals surface area contributed by atoms with E-state index in [1.54, 1.807) is 0 Å². The first-order valence-electron chi connectivity index (χ1n) is 6.99. The van der Waals surface area contributed by atoms with Crippen LogP contribution in [0.3, 0.4) is 0 Å². The van der Waals surface area contributed by atoms with Gasteiger partial charge in [-0.1, -0.05) is 0 Å². The maximum atomic E-state index is 13.2. The first-order chi connectivity index (χ1) is 10.0. The lowest BCUT2D eigenvalue weighted by Gasteiger charge is -2.32. The minimum atomic E-state index is -0.623. The molecule has 0 aromatic heterocycles. The van der Waals surface area contributed by atoms with Crippen LogP contribution in [0.2, 0.25) is 0 Å². The Morgan fingerprint density at radius 1 is 1.48 bits per heavy atom. The van der Waals surface area contributed by atoms with E-state index < -0.39 is 10.7 Å². The van der Waals surface area contributed by atoms with E-state index in [2.05, 4.69) is 5.32 Å². The molecule has 0 atom stereocenters. The van der Waals surface area contributed by atoms with Crippen LogP contribution in [0.1, 0.15) is 19.8 Å². The number of amides is 1. The zero-order chi connectivity index (χ0) is 15.4. The normalized spacial score (nSPS) is 15.8. The Morgan fingerprint density at radius 3 is 2.71 bits per heavy atom. The van der Waals surface area contributed by atoms with E-state index in [4.69, 9.17) is 0 Å². The van der Waals surface area contributed by atoms with Crippen LogP contribution in [-0.2, 0) is 4.79 Å². The van der Waals surface area contributed by atoms with Crippen LogP contribution in [0.25, 0.3) is 0 Å². The molecule has 1 fully saturated rings. The third-order valence-electron chi connectivity index (χ3n) is 3.69. The van der Waals surface area contributed by atoms with Gasteiger partial charge < -0.3 is 10.2 Å². The van der Waals surface area contributed by atoms with E-state index in [-0.39, 0.29) is 17.5 Å². The Hall–Kier alpha value is -2.18. The van der Waals surface area contributed by atoms with Gasteiger partial charge in [-0.05, 0) is 31.9 Å². The van der Waals surface area contributed by atoms with E-state index in [0.717, 1.165) is 6.07 Å². The number of piperidine rings is 1. The van der Waals surface area contributed by atoms with Gasteiger partial charge in [0, 0.05) is 25.6 Å². The summed E-state index contributed by atoms with van der Waals surface area (Å²) in [5, 5.41) is 13.8. The SMILES string of the molecule is CCNC(=O)C1CCN(c2ccc(F)cc2[N+](=O)[O-])CC1. The van der Waals surface area contributed by atoms with Gasteiger partial charge >= 0.3 is 0 Å². The van der Waals surface area contributed by atoms with Gasteiger partial charge in [-0.2, -0.15) is 0 Å². The second-order valence-corrected chi connectivity index (χ2v) is 5.05. The maximum Gasteiger partial charge on any atom is 0.295 e. The van der Waals surface area contributed by atoms with Crippen molar-refractivity contribution in [2.45, 2.75) is 19.8 Å². The number of anilines is 1. The highest BCUT2D eigenvalue weighted by atomic mass is 19.1. The summed E-state index contributed by atoms with van der Waals surface area (Å²) in [6, 6.07) is 3.59. The van der Waals surface area contributed by atoms with Crippen molar-refractivity contribution in [2.75, 3.05) is 24.5 Å². The molecule has 0 bridgehead atoms. The number of carbonyl (C=O) groups is 1. The molecule has 21 heavy (non-hydrogen) atoms. The van der Waals surface area contributed by atoms with Crippen molar-refractivity contribution in [3.8, 4) is 0 Å². The molecule has 1 aliphatic heterocycles. The van der Waals surface area contributed by atoms with Crippen molar-refractivity contribution in [3.63, 3.8) is 0 Å². The highest BCUT2D eigenvalue weighted by Crippen LogP contribution is 2.32. The fourth-order valence-electron chi connectivity index (χ4n) is 2.61. The molecule has 2 rings (SSSR count). The molecule has 1 N–H and O–H groups in total. The Morgan fingerprint density at radius 2 is 2.14 bits per heavy atom. The van der Waals surface area contributed by atoms with Gasteiger partial charge in [-0.25, -0.2) is 4.39 Å². The van der Waals surface area contributed by atoms with Crippen molar-refractivity contribution in [1.82, 2.24) is 5.32 Å². The van der Waals surface area contributed by atoms with Gasteiger partial charge in [0.25, 0.3) is 5.69 Å². The fraction of sp³-hybridized carbons (Fsp3) is 0.500. The molecule has 114 valence electrons. The highest BCUT2D eigenvalue weighted by molar-refractivity contribution is 5.79. The van der Waals surface area contributed by atoms with E-state index in [1.807, 2.05) is 11.8 Å². The summed E-state index contributed by atoms with van der Waals surface area (Å²) in [5.41, 5.74) is 0.183. The first kappa shape index (κ1) is 15.2. The molecule has 0 spiro atoms. The van der Waals surface area contributed by atoms with Crippen LogP contribution in [0.15, 0.2) is 18.2 Å².